The zero-order chi connectivity index (χ0) is 15.2. The SMILES string of the molecule is O=C(CSc1ccc([N+](=O)[O-])cc1)NCC(F)(F)CO. The van der Waals surface area contributed by atoms with E-state index in [1.807, 2.05) is 5.32 Å². The van der Waals surface area contributed by atoms with E-state index >= 15 is 0 Å². The fourth-order valence-electron chi connectivity index (χ4n) is 1.15. The Morgan fingerprint density at radius 1 is 1.40 bits per heavy atom. The molecule has 0 bridgehead atoms. The second-order valence-electron chi connectivity index (χ2n) is 3.83. The number of non-ortho nitro benzene ring substituents is 1. The fourth-order valence-corrected chi connectivity index (χ4v) is 1.88. The predicted molar refractivity (Wildman–Crippen MR) is 68.9 cm³/mol. The van der Waals surface area contributed by atoms with Crippen LogP contribution in [0.25, 0.3) is 0 Å². The number of hydrogen-bond acceptors (Lipinski definition) is 5. The molecule has 2 N–H and O–H groups in total. The van der Waals surface area contributed by atoms with Gasteiger partial charge in [0.05, 0.1) is 17.2 Å². The zero-order valence-corrected chi connectivity index (χ0v) is 11.0. The molecule has 1 amide bonds. The van der Waals surface area contributed by atoms with Gasteiger partial charge in [0.1, 0.15) is 6.61 Å². The van der Waals surface area contributed by atoms with Crippen molar-refractivity contribution in [3.8, 4) is 0 Å². The minimum Gasteiger partial charge on any atom is -0.390 e. The van der Waals surface area contributed by atoms with E-state index in [4.69, 9.17) is 5.11 Å². The number of halogens is 2. The van der Waals surface area contributed by atoms with Crippen LogP contribution in [0.15, 0.2) is 29.2 Å². The molecule has 0 aliphatic carbocycles. The van der Waals surface area contributed by atoms with Crippen molar-refractivity contribution in [2.24, 2.45) is 0 Å². The van der Waals surface area contributed by atoms with Gasteiger partial charge in [-0.1, -0.05) is 0 Å². The molecule has 0 aromatic heterocycles. The number of carbonyl (C=O) groups is 1. The van der Waals surface area contributed by atoms with Gasteiger partial charge in [0.15, 0.2) is 0 Å². The Kier molecular flexibility index (Phi) is 5.83. The normalized spacial score (nSPS) is 11.2. The molecular weight excluding hydrogens is 294 g/mol. The summed E-state index contributed by atoms with van der Waals surface area (Å²) in [7, 11) is 0. The molecule has 0 aliphatic rings. The van der Waals surface area contributed by atoms with E-state index in [0.29, 0.717) is 4.90 Å². The molecule has 20 heavy (non-hydrogen) atoms. The fraction of sp³-hybridized carbons (Fsp3) is 0.364. The van der Waals surface area contributed by atoms with Gasteiger partial charge < -0.3 is 10.4 Å². The van der Waals surface area contributed by atoms with Gasteiger partial charge in [-0.3, -0.25) is 14.9 Å². The van der Waals surface area contributed by atoms with Gasteiger partial charge in [0.2, 0.25) is 5.91 Å². The smallest absolute Gasteiger partial charge is 0.287 e. The van der Waals surface area contributed by atoms with Crippen LogP contribution in [-0.4, -0.2) is 40.8 Å². The van der Waals surface area contributed by atoms with Crippen LogP contribution < -0.4 is 5.32 Å². The van der Waals surface area contributed by atoms with E-state index in [1.54, 1.807) is 0 Å². The van der Waals surface area contributed by atoms with Crippen LogP contribution in [0.3, 0.4) is 0 Å². The van der Waals surface area contributed by atoms with Crippen LogP contribution >= 0.6 is 11.8 Å². The molecule has 1 aromatic rings. The Morgan fingerprint density at radius 3 is 2.50 bits per heavy atom. The highest BCUT2D eigenvalue weighted by Gasteiger charge is 2.28. The summed E-state index contributed by atoms with van der Waals surface area (Å²) in [4.78, 5) is 21.8. The van der Waals surface area contributed by atoms with Crippen molar-refractivity contribution in [2.75, 3.05) is 18.9 Å². The summed E-state index contributed by atoms with van der Waals surface area (Å²) in [6.07, 6.45) is 0. The lowest BCUT2D eigenvalue weighted by molar-refractivity contribution is -0.384. The average molecular weight is 306 g/mol. The first-order chi connectivity index (χ1) is 9.34. The Bertz CT molecular complexity index is 482. The van der Waals surface area contributed by atoms with Crippen LogP contribution in [-0.2, 0) is 4.79 Å². The number of nitrogens with one attached hydrogen (secondary N) is 1. The first-order valence-electron chi connectivity index (χ1n) is 5.47. The third kappa shape index (κ3) is 5.49. The topological polar surface area (TPSA) is 92.5 Å². The largest absolute Gasteiger partial charge is 0.390 e. The maximum absolute atomic E-state index is 12.7. The van der Waals surface area contributed by atoms with Gasteiger partial charge in [-0.05, 0) is 12.1 Å². The number of hydrogen-bond donors (Lipinski definition) is 2. The molecule has 0 heterocycles. The molecule has 0 atom stereocenters. The van der Waals surface area contributed by atoms with Crippen molar-refractivity contribution in [2.45, 2.75) is 10.8 Å². The summed E-state index contributed by atoms with van der Waals surface area (Å²) in [5.41, 5.74) is -0.0682. The molecule has 0 spiro atoms. The lowest BCUT2D eigenvalue weighted by atomic mass is 10.3. The highest BCUT2D eigenvalue weighted by molar-refractivity contribution is 8.00. The Balaban J connectivity index is 2.39. The van der Waals surface area contributed by atoms with E-state index in [2.05, 4.69) is 0 Å². The maximum Gasteiger partial charge on any atom is 0.287 e. The van der Waals surface area contributed by atoms with Gasteiger partial charge in [-0.25, -0.2) is 8.78 Å². The van der Waals surface area contributed by atoms with Crippen LogP contribution in [0, 0.1) is 10.1 Å². The van der Waals surface area contributed by atoms with E-state index in [1.165, 1.54) is 24.3 Å². The molecule has 9 heteroatoms. The van der Waals surface area contributed by atoms with Gasteiger partial charge in [-0.2, -0.15) is 0 Å². The summed E-state index contributed by atoms with van der Waals surface area (Å²) in [5, 5.41) is 20.7. The maximum atomic E-state index is 12.7. The van der Waals surface area contributed by atoms with Crippen LogP contribution in [0.4, 0.5) is 14.5 Å². The van der Waals surface area contributed by atoms with E-state index in [0.717, 1.165) is 11.8 Å². The Hall–Kier alpha value is -1.74. The molecule has 0 aliphatic heterocycles. The number of nitro groups is 1. The first-order valence-corrected chi connectivity index (χ1v) is 6.45. The number of nitrogens with zero attached hydrogens (tertiary/aromatic N) is 1. The minimum atomic E-state index is -3.34. The quantitative estimate of drug-likeness (QED) is 0.451. The number of benzene rings is 1. The van der Waals surface area contributed by atoms with Gasteiger partial charge in [-0.15, -0.1) is 11.8 Å². The molecule has 0 radical (unpaired) electrons. The zero-order valence-electron chi connectivity index (χ0n) is 10.2. The van der Waals surface area contributed by atoms with Crippen LogP contribution in [0.2, 0.25) is 0 Å². The number of nitro benzene ring substituents is 1. The lowest BCUT2D eigenvalue weighted by Crippen LogP contribution is -2.39. The summed E-state index contributed by atoms with van der Waals surface area (Å²) in [6, 6.07) is 5.52. The molecule has 0 saturated heterocycles. The third-order valence-electron chi connectivity index (χ3n) is 2.19. The first kappa shape index (κ1) is 16.3. The molecule has 6 nitrogen and oxygen atoms in total. The number of aliphatic hydroxyl groups is 1. The van der Waals surface area contributed by atoms with E-state index in [-0.39, 0.29) is 11.4 Å². The van der Waals surface area contributed by atoms with Crippen molar-refractivity contribution in [1.82, 2.24) is 5.32 Å². The summed E-state index contributed by atoms with van der Waals surface area (Å²) in [6.45, 7) is -2.26. The van der Waals surface area contributed by atoms with Crippen molar-refractivity contribution in [3.63, 3.8) is 0 Å². The molecular formula is C11H12F2N2O4S. The van der Waals surface area contributed by atoms with Crippen molar-refractivity contribution >= 4 is 23.4 Å². The molecule has 1 aromatic carbocycles. The number of alkyl halides is 2. The highest BCUT2D eigenvalue weighted by Crippen LogP contribution is 2.21. The molecule has 0 unspecified atom stereocenters. The third-order valence-corrected chi connectivity index (χ3v) is 3.21. The second-order valence-corrected chi connectivity index (χ2v) is 4.88. The molecule has 1 rings (SSSR count). The van der Waals surface area contributed by atoms with Crippen molar-refractivity contribution in [3.05, 3.63) is 34.4 Å². The number of thioether (sulfide) groups is 1. The van der Waals surface area contributed by atoms with E-state index in [9.17, 15) is 23.7 Å². The van der Waals surface area contributed by atoms with Gasteiger partial charge in [0.25, 0.3) is 11.6 Å². The minimum absolute atomic E-state index is 0.0682. The predicted octanol–water partition coefficient (Wildman–Crippen LogP) is 1.43. The monoisotopic (exact) mass is 306 g/mol. The van der Waals surface area contributed by atoms with E-state index < -0.39 is 29.9 Å². The van der Waals surface area contributed by atoms with Crippen LogP contribution in [0.5, 0.6) is 0 Å². The number of rotatable bonds is 7. The summed E-state index contributed by atoms with van der Waals surface area (Å²) >= 11 is 1.07. The Morgan fingerprint density at radius 2 is 2.00 bits per heavy atom. The second kappa shape index (κ2) is 7.15. The lowest BCUT2D eigenvalue weighted by Gasteiger charge is -2.13. The number of amides is 1. The van der Waals surface area contributed by atoms with Gasteiger partial charge >= 0.3 is 0 Å². The average Bonchev–Trinajstić information content (AvgIpc) is 2.43. The number of aliphatic hydroxyl groups excluding tert-OH is 1. The standard InChI is InChI=1S/C11H12F2N2O4S/c12-11(13,7-16)6-14-10(17)5-20-9-3-1-8(2-4-9)15(18)19/h1-4,16H,5-7H2,(H,14,17). The van der Waals surface area contributed by atoms with Crippen LogP contribution in [0.1, 0.15) is 0 Å². The summed E-state index contributed by atoms with van der Waals surface area (Å²) in [5.74, 6) is -4.05. The number of carbonyl (C=O) groups excluding carboxylic acids is 1. The van der Waals surface area contributed by atoms with Crippen molar-refractivity contribution < 1.29 is 23.6 Å². The van der Waals surface area contributed by atoms with Gasteiger partial charge in [0, 0.05) is 17.0 Å². The summed E-state index contributed by atoms with van der Waals surface area (Å²) < 4.78 is 25.3. The van der Waals surface area contributed by atoms with Crippen molar-refractivity contribution in [1.29, 1.82) is 0 Å². The highest BCUT2D eigenvalue weighted by atomic mass is 32.2. The molecule has 0 saturated carbocycles. The Labute approximate surface area is 117 Å². The molecule has 110 valence electrons. The molecule has 0 fully saturated rings.